The molecule has 0 atom stereocenters. The van der Waals surface area contributed by atoms with Gasteiger partial charge in [-0.3, -0.25) is 9.59 Å². The summed E-state index contributed by atoms with van der Waals surface area (Å²) in [7, 11) is 0. The maximum Gasteiger partial charge on any atom is 0.262 e. The lowest BCUT2D eigenvalue weighted by Crippen LogP contribution is -2.25. The minimum Gasteiger partial charge on any atom is -0.482 e. The van der Waals surface area contributed by atoms with Gasteiger partial charge in [-0.1, -0.05) is 12.1 Å². The predicted molar refractivity (Wildman–Crippen MR) is 84.1 cm³/mol. The van der Waals surface area contributed by atoms with Gasteiger partial charge in [0.1, 0.15) is 5.75 Å². The lowest BCUT2D eigenvalue weighted by Gasteiger charge is -2.18. The summed E-state index contributed by atoms with van der Waals surface area (Å²) >= 11 is 0. The van der Waals surface area contributed by atoms with E-state index in [0.717, 1.165) is 5.56 Å². The van der Waals surface area contributed by atoms with Crippen LogP contribution in [0.25, 0.3) is 0 Å². The van der Waals surface area contributed by atoms with Crippen LogP contribution in [0.5, 0.6) is 5.75 Å². The smallest absolute Gasteiger partial charge is 0.262 e. The normalized spacial score (nSPS) is 12.4. The van der Waals surface area contributed by atoms with Gasteiger partial charge in [-0.2, -0.15) is 5.26 Å². The van der Waals surface area contributed by atoms with Crippen LogP contribution >= 0.6 is 0 Å². The van der Waals surface area contributed by atoms with Crippen molar-refractivity contribution in [1.29, 1.82) is 5.26 Å². The first-order chi connectivity index (χ1) is 11.1. The number of carbonyl (C=O) groups is 2. The molecule has 2 N–H and O–H groups in total. The van der Waals surface area contributed by atoms with E-state index in [4.69, 9.17) is 10.00 Å². The molecule has 1 aliphatic rings. The molecular formula is C17H13N3O3. The number of carbonyl (C=O) groups excluding carboxylic acids is 2. The van der Waals surface area contributed by atoms with Crippen LogP contribution in [0.1, 0.15) is 11.1 Å². The van der Waals surface area contributed by atoms with Crippen LogP contribution in [0.4, 0.5) is 11.4 Å². The number of nitrogens with zero attached hydrogens (tertiary/aromatic N) is 1. The number of ether oxygens (including phenoxy) is 1. The number of nitrogens with one attached hydrogen (secondary N) is 2. The molecule has 23 heavy (non-hydrogen) atoms. The molecule has 3 rings (SSSR count). The van der Waals surface area contributed by atoms with Crippen LogP contribution in [-0.4, -0.2) is 18.4 Å². The van der Waals surface area contributed by atoms with Crippen molar-refractivity contribution in [1.82, 2.24) is 0 Å². The second-order valence-corrected chi connectivity index (χ2v) is 5.08. The van der Waals surface area contributed by atoms with Crippen molar-refractivity contribution in [2.75, 3.05) is 17.2 Å². The standard InChI is InChI=1S/C17H13N3O3/c18-9-12-2-1-3-13(6-12)19-16(21)8-11-4-5-15-14(7-11)20-17(22)10-23-15/h1-7H,8,10H2,(H,19,21)(H,20,22). The van der Waals surface area contributed by atoms with Crippen LogP contribution < -0.4 is 15.4 Å². The van der Waals surface area contributed by atoms with E-state index in [1.54, 1.807) is 42.5 Å². The second kappa shape index (κ2) is 6.20. The molecule has 114 valence electrons. The lowest BCUT2D eigenvalue weighted by molar-refractivity contribution is -0.118. The molecular weight excluding hydrogens is 294 g/mol. The van der Waals surface area contributed by atoms with Crippen molar-refractivity contribution in [2.45, 2.75) is 6.42 Å². The zero-order valence-corrected chi connectivity index (χ0v) is 12.1. The Kier molecular flexibility index (Phi) is 3.93. The quantitative estimate of drug-likeness (QED) is 0.908. The number of anilines is 2. The fourth-order valence-electron chi connectivity index (χ4n) is 2.30. The minimum absolute atomic E-state index is 0.00205. The fourth-order valence-corrected chi connectivity index (χ4v) is 2.30. The van der Waals surface area contributed by atoms with Gasteiger partial charge >= 0.3 is 0 Å². The fraction of sp³-hybridized carbons (Fsp3) is 0.118. The van der Waals surface area contributed by atoms with Gasteiger partial charge in [0, 0.05) is 5.69 Å². The largest absolute Gasteiger partial charge is 0.482 e. The van der Waals surface area contributed by atoms with Gasteiger partial charge in [0.25, 0.3) is 5.91 Å². The molecule has 2 aromatic rings. The maximum absolute atomic E-state index is 12.1. The first-order valence-electron chi connectivity index (χ1n) is 6.99. The van der Waals surface area contributed by atoms with E-state index in [1.165, 1.54) is 0 Å². The van der Waals surface area contributed by atoms with Gasteiger partial charge in [-0.25, -0.2) is 0 Å². The minimum atomic E-state index is -0.215. The van der Waals surface area contributed by atoms with E-state index < -0.39 is 0 Å². The molecule has 0 radical (unpaired) electrons. The van der Waals surface area contributed by atoms with E-state index in [1.807, 2.05) is 6.07 Å². The molecule has 1 heterocycles. The Morgan fingerprint density at radius 2 is 2.17 bits per heavy atom. The van der Waals surface area contributed by atoms with Gasteiger partial charge in [-0.05, 0) is 35.9 Å². The molecule has 0 aliphatic carbocycles. The summed E-state index contributed by atoms with van der Waals surface area (Å²) in [5, 5.41) is 14.3. The van der Waals surface area contributed by atoms with Crippen molar-refractivity contribution in [3.63, 3.8) is 0 Å². The molecule has 0 bridgehead atoms. The van der Waals surface area contributed by atoms with Crippen molar-refractivity contribution in [2.24, 2.45) is 0 Å². The predicted octanol–water partition coefficient (Wildman–Crippen LogP) is 2.07. The zero-order valence-electron chi connectivity index (χ0n) is 12.1. The first-order valence-corrected chi connectivity index (χ1v) is 6.99. The Morgan fingerprint density at radius 3 is 3.00 bits per heavy atom. The van der Waals surface area contributed by atoms with Crippen molar-refractivity contribution in [3.8, 4) is 11.8 Å². The highest BCUT2D eigenvalue weighted by Gasteiger charge is 2.16. The number of hydrogen-bond donors (Lipinski definition) is 2. The van der Waals surface area contributed by atoms with Gasteiger partial charge < -0.3 is 15.4 Å². The van der Waals surface area contributed by atoms with Crippen molar-refractivity contribution >= 4 is 23.2 Å². The molecule has 2 aromatic carbocycles. The zero-order chi connectivity index (χ0) is 16.2. The number of rotatable bonds is 3. The van der Waals surface area contributed by atoms with Crippen LogP contribution in [-0.2, 0) is 16.0 Å². The molecule has 2 amide bonds. The van der Waals surface area contributed by atoms with E-state index in [2.05, 4.69) is 10.6 Å². The third kappa shape index (κ3) is 3.47. The Morgan fingerprint density at radius 1 is 1.30 bits per heavy atom. The third-order valence-corrected chi connectivity index (χ3v) is 3.32. The molecule has 1 aliphatic heterocycles. The monoisotopic (exact) mass is 307 g/mol. The molecule has 0 spiro atoms. The molecule has 0 aromatic heterocycles. The first kappa shape index (κ1) is 14.6. The summed E-state index contributed by atoms with van der Waals surface area (Å²) in [6.45, 7) is 0.00205. The van der Waals surface area contributed by atoms with Gasteiger partial charge in [-0.15, -0.1) is 0 Å². The van der Waals surface area contributed by atoms with E-state index in [0.29, 0.717) is 22.7 Å². The highest BCUT2D eigenvalue weighted by atomic mass is 16.5. The van der Waals surface area contributed by atoms with E-state index in [9.17, 15) is 9.59 Å². The summed E-state index contributed by atoms with van der Waals surface area (Å²) in [4.78, 5) is 23.4. The number of nitriles is 1. The number of fused-ring (bicyclic) bond motifs is 1. The van der Waals surface area contributed by atoms with Crippen LogP contribution in [0, 0.1) is 11.3 Å². The van der Waals surface area contributed by atoms with Crippen LogP contribution in [0.3, 0.4) is 0 Å². The molecule has 0 unspecified atom stereocenters. The van der Waals surface area contributed by atoms with Gasteiger partial charge in [0.15, 0.2) is 6.61 Å². The lowest BCUT2D eigenvalue weighted by atomic mass is 10.1. The van der Waals surface area contributed by atoms with E-state index in [-0.39, 0.29) is 24.8 Å². The topological polar surface area (TPSA) is 91.2 Å². The van der Waals surface area contributed by atoms with Gasteiger partial charge in [0.2, 0.25) is 5.91 Å². The summed E-state index contributed by atoms with van der Waals surface area (Å²) < 4.78 is 5.27. The average molecular weight is 307 g/mol. The number of hydrogen-bond acceptors (Lipinski definition) is 4. The van der Waals surface area contributed by atoms with Crippen LogP contribution in [0.2, 0.25) is 0 Å². The molecule has 6 heteroatoms. The van der Waals surface area contributed by atoms with E-state index >= 15 is 0 Å². The Hall–Kier alpha value is -3.33. The van der Waals surface area contributed by atoms with Gasteiger partial charge in [0.05, 0.1) is 23.7 Å². The summed E-state index contributed by atoms with van der Waals surface area (Å²) in [6, 6.07) is 14.0. The summed E-state index contributed by atoms with van der Waals surface area (Å²) in [5.41, 5.74) is 2.38. The Balaban J connectivity index is 1.69. The number of amides is 2. The average Bonchev–Trinajstić information content (AvgIpc) is 2.54. The van der Waals surface area contributed by atoms with Crippen molar-refractivity contribution < 1.29 is 14.3 Å². The SMILES string of the molecule is N#Cc1cccc(NC(=O)Cc2ccc3c(c2)NC(=O)CO3)c1. The Labute approximate surface area is 132 Å². The molecule has 0 fully saturated rings. The molecule has 0 saturated carbocycles. The number of benzene rings is 2. The summed E-state index contributed by atoms with van der Waals surface area (Å²) in [5.74, 6) is 0.172. The third-order valence-electron chi connectivity index (χ3n) is 3.32. The van der Waals surface area contributed by atoms with Crippen molar-refractivity contribution in [3.05, 3.63) is 53.6 Å². The highest BCUT2D eigenvalue weighted by molar-refractivity contribution is 5.96. The molecule has 0 saturated heterocycles. The molecule has 6 nitrogen and oxygen atoms in total. The Bertz CT molecular complexity index is 824. The highest BCUT2D eigenvalue weighted by Crippen LogP contribution is 2.28. The maximum atomic E-state index is 12.1. The summed E-state index contributed by atoms with van der Waals surface area (Å²) in [6.07, 6.45) is 0.153. The van der Waals surface area contributed by atoms with Crippen LogP contribution in [0.15, 0.2) is 42.5 Å². The second-order valence-electron chi connectivity index (χ2n) is 5.08.